The average Bonchev–Trinajstić information content (AvgIpc) is 3.06. The molecule has 0 bridgehead atoms. The maximum absolute atomic E-state index is 12.1. The highest BCUT2D eigenvalue weighted by Gasteiger charge is 2.11. The van der Waals surface area contributed by atoms with Crippen LogP contribution in [-0.4, -0.2) is 27.4 Å². The molecule has 0 saturated carbocycles. The summed E-state index contributed by atoms with van der Waals surface area (Å²) in [5.74, 6) is -0.616. The summed E-state index contributed by atoms with van der Waals surface area (Å²) < 4.78 is 0.691. The van der Waals surface area contributed by atoms with E-state index < -0.39 is 5.91 Å². The number of nitrogens with one attached hydrogen (secondary N) is 2. The standard InChI is InChI=1S/C18H15BrN4O2/c1-11-2-4-12(5-3-11)17-13(9-20-22-17)10-21-23-18(25)15-8-14(19)6-7-16(15)24/h2-10,24H,1H3,(H,20,22)(H,23,25)/b21-10+. The van der Waals surface area contributed by atoms with Crippen molar-refractivity contribution in [3.05, 3.63) is 69.8 Å². The topological polar surface area (TPSA) is 90.4 Å². The van der Waals surface area contributed by atoms with Crippen LogP contribution in [0.15, 0.2) is 58.2 Å². The first-order valence-electron chi connectivity index (χ1n) is 7.47. The van der Waals surface area contributed by atoms with E-state index in [4.69, 9.17) is 0 Å². The van der Waals surface area contributed by atoms with E-state index in [0.717, 1.165) is 16.8 Å². The largest absolute Gasteiger partial charge is 0.507 e. The number of aromatic amines is 1. The van der Waals surface area contributed by atoms with Gasteiger partial charge in [0.2, 0.25) is 0 Å². The Hall–Kier alpha value is -2.93. The van der Waals surface area contributed by atoms with Gasteiger partial charge in [-0.05, 0) is 25.1 Å². The smallest absolute Gasteiger partial charge is 0.275 e. The number of hydrazone groups is 1. The van der Waals surface area contributed by atoms with Gasteiger partial charge in [0.1, 0.15) is 5.75 Å². The van der Waals surface area contributed by atoms with Crippen molar-refractivity contribution in [1.29, 1.82) is 0 Å². The first-order valence-corrected chi connectivity index (χ1v) is 8.26. The minimum Gasteiger partial charge on any atom is -0.507 e. The zero-order chi connectivity index (χ0) is 17.8. The monoisotopic (exact) mass is 398 g/mol. The number of nitrogens with zero attached hydrogens (tertiary/aromatic N) is 2. The second kappa shape index (κ2) is 7.31. The number of phenols is 1. The molecule has 0 spiro atoms. The molecule has 6 nitrogen and oxygen atoms in total. The van der Waals surface area contributed by atoms with Crippen LogP contribution in [0.2, 0.25) is 0 Å². The lowest BCUT2D eigenvalue weighted by Gasteiger charge is -2.03. The molecular formula is C18H15BrN4O2. The molecule has 0 unspecified atom stereocenters. The summed E-state index contributed by atoms with van der Waals surface area (Å²) in [6.45, 7) is 2.02. The minimum absolute atomic E-state index is 0.112. The maximum atomic E-state index is 12.1. The van der Waals surface area contributed by atoms with Crippen LogP contribution < -0.4 is 5.43 Å². The van der Waals surface area contributed by atoms with Crippen molar-refractivity contribution < 1.29 is 9.90 Å². The zero-order valence-electron chi connectivity index (χ0n) is 13.3. The molecule has 0 atom stereocenters. The Morgan fingerprint density at radius 1 is 1.28 bits per heavy atom. The predicted octanol–water partition coefficient (Wildman–Crippen LogP) is 3.62. The van der Waals surface area contributed by atoms with Gasteiger partial charge in [0, 0.05) is 15.6 Å². The number of amides is 1. The molecule has 126 valence electrons. The third-order valence-corrected chi connectivity index (χ3v) is 4.08. The van der Waals surface area contributed by atoms with Gasteiger partial charge < -0.3 is 5.11 Å². The quantitative estimate of drug-likeness (QED) is 0.462. The molecule has 0 saturated heterocycles. The van der Waals surface area contributed by atoms with Crippen molar-refractivity contribution >= 4 is 28.1 Å². The Bertz CT molecular complexity index is 933. The van der Waals surface area contributed by atoms with Gasteiger partial charge in [0.05, 0.1) is 23.7 Å². The molecule has 0 aliphatic heterocycles. The SMILES string of the molecule is Cc1ccc(-c2[nH]ncc2/C=N/NC(=O)c2cc(Br)ccc2O)cc1. The predicted molar refractivity (Wildman–Crippen MR) is 99.6 cm³/mol. The number of rotatable bonds is 4. The fourth-order valence-corrected chi connectivity index (χ4v) is 2.62. The Labute approximate surface area is 152 Å². The number of carbonyl (C=O) groups is 1. The van der Waals surface area contributed by atoms with Crippen LogP contribution in [0.5, 0.6) is 5.75 Å². The van der Waals surface area contributed by atoms with E-state index in [1.807, 2.05) is 31.2 Å². The van der Waals surface area contributed by atoms with Gasteiger partial charge in [-0.1, -0.05) is 45.8 Å². The van der Waals surface area contributed by atoms with Gasteiger partial charge in [-0.2, -0.15) is 10.2 Å². The summed E-state index contributed by atoms with van der Waals surface area (Å²) in [7, 11) is 0. The number of benzene rings is 2. The van der Waals surface area contributed by atoms with Gasteiger partial charge >= 0.3 is 0 Å². The van der Waals surface area contributed by atoms with E-state index in [1.54, 1.807) is 12.3 Å². The molecule has 3 rings (SSSR count). The molecule has 0 fully saturated rings. The number of hydrogen-bond donors (Lipinski definition) is 3. The summed E-state index contributed by atoms with van der Waals surface area (Å²) >= 11 is 3.26. The Kier molecular flexibility index (Phi) is 4.95. The van der Waals surface area contributed by atoms with Gasteiger partial charge in [0.15, 0.2) is 0 Å². The van der Waals surface area contributed by atoms with Crippen LogP contribution in [0.4, 0.5) is 0 Å². The number of phenolic OH excluding ortho intramolecular Hbond substituents is 1. The summed E-state index contributed by atoms with van der Waals surface area (Å²) in [4.78, 5) is 12.1. The summed E-state index contributed by atoms with van der Waals surface area (Å²) in [6, 6.07) is 12.6. The van der Waals surface area contributed by atoms with Gasteiger partial charge in [0.25, 0.3) is 5.91 Å². The number of halogens is 1. The molecule has 25 heavy (non-hydrogen) atoms. The van der Waals surface area contributed by atoms with Gasteiger partial charge in [-0.15, -0.1) is 0 Å². The average molecular weight is 399 g/mol. The Balaban J connectivity index is 1.75. The molecule has 3 aromatic rings. The highest BCUT2D eigenvalue weighted by molar-refractivity contribution is 9.10. The summed E-state index contributed by atoms with van der Waals surface area (Å²) in [6.07, 6.45) is 3.13. The molecule has 1 heterocycles. The van der Waals surface area contributed by atoms with E-state index in [0.29, 0.717) is 4.47 Å². The summed E-state index contributed by atoms with van der Waals surface area (Å²) in [5, 5.41) is 20.7. The number of carbonyl (C=O) groups excluding carboxylic acids is 1. The van der Waals surface area contributed by atoms with E-state index >= 15 is 0 Å². The number of hydrogen-bond acceptors (Lipinski definition) is 4. The lowest BCUT2D eigenvalue weighted by Crippen LogP contribution is -2.17. The van der Waals surface area contributed by atoms with Gasteiger partial charge in [-0.3, -0.25) is 9.89 Å². The minimum atomic E-state index is -0.504. The van der Waals surface area contributed by atoms with E-state index in [9.17, 15) is 9.90 Å². The second-order valence-electron chi connectivity index (χ2n) is 5.43. The van der Waals surface area contributed by atoms with Crippen molar-refractivity contribution in [1.82, 2.24) is 15.6 Å². The van der Waals surface area contributed by atoms with Crippen LogP contribution in [0.25, 0.3) is 11.3 Å². The number of H-pyrrole nitrogens is 1. The lowest BCUT2D eigenvalue weighted by atomic mass is 10.1. The highest BCUT2D eigenvalue weighted by Crippen LogP contribution is 2.22. The number of aromatic hydroxyl groups is 1. The summed E-state index contributed by atoms with van der Waals surface area (Å²) in [5.41, 5.74) is 6.22. The van der Waals surface area contributed by atoms with E-state index in [2.05, 4.69) is 36.7 Å². The number of aryl methyl sites for hydroxylation is 1. The second-order valence-corrected chi connectivity index (χ2v) is 6.34. The van der Waals surface area contributed by atoms with E-state index in [-0.39, 0.29) is 11.3 Å². The van der Waals surface area contributed by atoms with Crippen LogP contribution in [0, 0.1) is 6.92 Å². The Morgan fingerprint density at radius 2 is 2.04 bits per heavy atom. The first-order chi connectivity index (χ1) is 12.0. The van der Waals surface area contributed by atoms with Crippen molar-refractivity contribution in [3.63, 3.8) is 0 Å². The third kappa shape index (κ3) is 3.95. The fraction of sp³-hybridized carbons (Fsp3) is 0.0556. The van der Waals surface area contributed by atoms with Crippen LogP contribution in [0.3, 0.4) is 0 Å². The molecule has 0 radical (unpaired) electrons. The van der Waals surface area contributed by atoms with E-state index in [1.165, 1.54) is 23.9 Å². The Morgan fingerprint density at radius 3 is 2.80 bits per heavy atom. The molecule has 2 aromatic carbocycles. The maximum Gasteiger partial charge on any atom is 0.275 e. The van der Waals surface area contributed by atoms with Crippen LogP contribution >= 0.6 is 15.9 Å². The first kappa shape index (κ1) is 16.9. The van der Waals surface area contributed by atoms with Crippen molar-refractivity contribution in [3.8, 4) is 17.0 Å². The van der Waals surface area contributed by atoms with Crippen molar-refractivity contribution in [2.24, 2.45) is 5.10 Å². The zero-order valence-corrected chi connectivity index (χ0v) is 14.9. The third-order valence-electron chi connectivity index (χ3n) is 3.58. The molecule has 0 aliphatic carbocycles. The molecule has 0 aliphatic rings. The van der Waals surface area contributed by atoms with Crippen molar-refractivity contribution in [2.75, 3.05) is 0 Å². The molecular weight excluding hydrogens is 384 g/mol. The van der Waals surface area contributed by atoms with Crippen LogP contribution in [-0.2, 0) is 0 Å². The fourth-order valence-electron chi connectivity index (χ4n) is 2.26. The van der Waals surface area contributed by atoms with Crippen LogP contribution in [0.1, 0.15) is 21.5 Å². The lowest BCUT2D eigenvalue weighted by molar-refractivity contribution is 0.0952. The molecule has 1 amide bonds. The molecule has 7 heteroatoms. The van der Waals surface area contributed by atoms with Crippen molar-refractivity contribution in [2.45, 2.75) is 6.92 Å². The molecule has 3 N–H and O–H groups in total. The molecule has 1 aromatic heterocycles. The normalized spacial score (nSPS) is 11.0. The number of aromatic nitrogens is 2. The van der Waals surface area contributed by atoms with Gasteiger partial charge in [-0.25, -0.2) is 5.43 Å². The highest BCUT2D eigenvalue weighted by atomic mass is 79.9.